The number of rotatable bonds is 2. The maximum absolute atomic E-state index is 12.9. The number of amides is 1. The molecule has 0 atom stereocenters. The van der Waals surface area contributed by atoms with Gasteiger partial charge < -0.3 is 15.0 Å². The van der Waals surface area contributed by atoms with Gasteiger partial charge in [0.2, 0.25) is 0 Å². The first-order chi connectivity index (χ1) is 10.2. The molecular weight excluding hydrogens is 323 g/mol. The molecule has 0 radical (unpaired) electrons. The van der Waals surface area contributed by atoms with E-state index in [-0.39, 0.29) is 18.3 Å². The Morgan fingerprint density at radius 1 is 1.36 bits per heavy atom. The first kappa shape index (κ1) is 17.5. The Morgan fingerprint density at radius 2 is 2.09 bits per heavy atom. The molecule has 0 aliphatic carbocycles. The third-order valence-corrected chi connectivity index (χ3v) is 5.04. The molecule has 2 aliphatic rings. The molecule has 0 aromatic heterocycles. The van der Waals surface area contributed by atoms with E-state index in [1.807, 2.05) is 17.0 Å². The van der Waals surface area contributed by atoms with E-state index >= 15 is 0 Å². The van der Waals surface area contributed by atoms with Gasteiger partial charge in [-0.2, -0.15) is 0 Å². The highest BCUT2D eigenvalue weighted by molar-refractivity contribution is 6.31. The SMILES string of the molecule is COC1(C(=O)N2CCc3c(Cl)cccc3C2)CCNCC1.Cl. The Balaban J connectivity index is 0.00000176. The second-order valence-electron chi connectivity index (χ2n) is 5.80. The van der Waals surface area contributed by atoms with E-state index in [0.717, 1.165) is 42.9 Å². The van der Waals surface area contributed by atoms with Crippen LogP contribution < -0.4 is 5.32 Å². The third-order valence-electron chi connectivity index (χ3n) is 4.69. The summed E-state index contributed by atoms with van der Waals surface area (Å²) < 4.78 is 5.65. The number of carbonyl (C=O) groups excluding carboxylic acids is 1. The summed E-state index contributed by atoms with van der Waals surface area (Å²) in [5.74, 6) is 0.122. The van der Waals surface area contributed by atoms with E-state index in [4.69, 9.17) is 16.3 Å². The fourth-order valence-electron chi connectivity index (χ4n) is 3.36. The van der Waals surface area contributed by atoms with Crippen LogP contribution in [0.1, 0.15) is 24.0 Å². The lowest BCUT2D eigenvalue weighted by Crippen LogP contribution is -2.56. The van der Waals surface area contributed by atoms with Gasteiger partial charge in [-0.15, -0.1) is 12.4 Å². The average molecular weight is 345 g/mol. The van der Waals surface area contributed by atoms with Crippen molar-refractivity contribution >= 4 is 29.9 Å². The van der Waals surface area contributed by atoms with E-state index in [2.05, 4.69) is 11.4 Å². The standard InChI is InChI=1S/C16H21ClN2O2.ClH/c1-21-16(6-8-18-9-7-16)15(20)19-10-5-13-12(11-19)3-2-4-14(13)17;/h2-4,18H,5-11H2,1H3;1H. The summed E-state index contributed by atoms with van der Waals surface area (Å²) in [5, 5.41) is 4.09. The number of carbonyl (C=O) groups is 1. The molecular formula is C16H22Cl2N2O2. The zero-order valence-electron chi connectivity index (χ0n) is 12.7. The van der Waals surface area contributed by atoms with Crippen LogP contribution in [0, 0.1) is 0 Å². The highest BCUT2D eigenvalue weighted by Crippen LogP contribution is 2.30. The van der Waals surface area contributed by atoms with Crippen LogP contribution >= 0.6 is 24.0 Å². The van der Waals surface area contributed by atoms with Gasteiger partial charge in [-0.05, 0) is 49.5 Å². The largest absolute Gasteiger partial charge is 0.368 e. The lowest BCUT2D eigenvalue weighted by atomic mass is 9.89. The van der Waals surface area contributed by atoms with Crippen LogP contribution in [0.15, 0.2) is 18.2 Å². The monoisotopic (exact) mass is 344 g/mol. The van der Waals surface area contributed by atoms with E-state index < -0.39 is 5.60 Å². The fourth-order valence-corrected chi connectivity index (χ4v) is 3.65. The fraction of sp³-hybridized carbons (Fsp3) is 0.562. The second kappa shape index (κ2) is 7.18. The Labute approximate surface area is 142 Å². The summed E-state index contributed by atoms with van der Waals surface area (Å²) in [6.45, 7) is 3.01. The Kier molecular flexibility index (Phi) is 5.72. The van der Waals surface area contributed by atoms with Crippen molar-refractivity contribution in [2.75, 3.05) is 26.7 Å². The third kappa shape index (κ3) is 3.11. The molecule has 6 heteroatoms. The number of nitrogens with one attached hydrogen (secondary N) is 1. The van der Waals surface area contributed by atoms with Gasteiger partial charge in [-0.1, -0.05) is 23.7 Å². The van der Waals surface area contributed by atoms with E-state index in [1.165, 1.54) is 5.56 Å². The number of fused-ring (bicyclic) bond motifs is 1. The molecule has 0 bridgehead atoms. The average Bonchev–Trinajstić information content (AvgIpc) is 2.54. The van der Waals surface area contributed by atoms with E-state index in [0.29, 0.717) is 13.1 Å². The summed E-state index contributed by atoms with van der Waals surface area (Å²) in [7, 11) is 1.65. The summed E-state index contributed by atoms with van der Waals surface area (Å²) in [6.07, 6.45) is 2.29. The van der Waals surface area contributed by atoms with Crippen LogP contribution in [0.25, 0.3) is 0 Å². The normalized spacial score (nSPS) is 20.0. The van der Waals surface area contributed by atoms with Crippen LogP contribution in [0.4, 0.5) is 0 Å². The van der Waals surface area contributed by atoms with Gasteiger partial charge in [0.25, 0.3) is 5.91 Å². The van der Waals surface area contributed by atoms with Crippen LogP contribution in [0.5, 0.6) is 0 Å². The zero-order chi connectivity index (χ0) is 14.9. The summed E-state index contributed by atoms with van der Waals surface area (Å²) in [6, 6.07) is 5.93. The molecule has 22 heavy (non-hydrogen) atoms. The molecule has 1 aromatic rings. The highest BCUT2D eigenvalue weighted by Gasteiger charge is 2.43. The van der Waals surface area contributed by atoms with Gasteiger partial charge in [0.15, 0.2) is 0 Å². The second-order valence-corrected chi connectivity index (χ2v) is 6.21. The topological polar surface area (TPSA) is 41.6 Å². The van der Waals surface area contributed by atoms with Gasteiger partial charge in [0, 0.05) is 25.2 Å². The molecule has 1 amide bonds. The lowest BCUT2D eigenvalue weighted by Gasteiger charge is -2.40. The van der Waals surface area contributed by atoms with Crippen molar-refractivity contribution in [1.82, 2.24) is 10.2 Å². The number of hydrogen-bond donors (Lipinski definition) is 1. The number of hydrogen-bond acceptors (Lipinski definition) is 3. The number of benzene rings is 1. The summed E-state index contributed by atoms with van der Waals surface area (Å²) in [4.78, 5) is 14.9. The van der Waals surface area contributed by atoms with Crippen molar-refractivity contribution < 1.29 is 9.53 Å². The van der Waals surface area contributed by atoms with Gasteiger partial charge in [0.05, 0.1) is 0 Å². The molecule has 122 valence electrons. The molecule has 1 fully saturated rings. The number of nitrogens with zero attached hydrogens (tertiary/aromatic N) is 1. The number of piperidine rings is 1. The van der Waals surface area contributed by atoms with Gasteiger partial charge >= 0.3 is 0 Å². The minimum absolute atomic E-state index is 0. The molecule has 2 heterocycles. The first-order valence-corrected chi connectivity index (χ1v) is 7.85. The maximum atomic E-state index is 12.9. The van der Waals surface area contributed by atoms with Crippen molar-refractivity contribution in [3.8, 4) is 0 Å². The van der Waals surface area contributed by atoms with Crippen molar-refractivity contribution in [1.29, 1.82) is 0 Å². The minimum atomic E-state index is -0.651. The lowest BCUT2D eigenvalue weighted by molar-refractivity contribution is -0.159. The van der Waals surface area contributed by atoms with Gasteiger partial charge in [-0.3, -0.25) is 4.79 Å². The molecule has 3 rings (SSSR count). The minimum Gasteiger partial charge on any atom is -0.368 e. The molecule has 1 aromatic carbocycles. The zero-order valence-corrected chi connectivity index (χ0v) is 14.3. The molecule has 0 saturated carbocycles. The summed E-state index contributed by atoms with van der Waals surface area (Å²) in [5.41, 5.74) is 1.68. The van der Waals surface area contributed by atoms with Gasteiger partial charge in [0.1, 0.15) is 5.60 Å². The summed E-state index contributed by atoms with van der Waals surface area (Å²) >= 11 is 6.24. The highest BCUT2D eigenvalue weighted by atomic mass is 35.5. The number of methoxy groups -OCH3 is 1. The van der Waals surface area contributed by atoms with Crippen LogP contribution in [-0.4, -0.2) is 43.2 Å². The number of halogens is 2. The smallest absolute Gasteiger partial charge is 0.255 e. The predicted octanol–water partition coefficient (Wildman–Crippen LogP) is 2.42. The molecule has 4 nitrogen and oxygen atoms in total. The van der Waals surface area contributed by atoms with E-state index in [9.17, 15) is 4.79 Å². The van der Waals surface area contributed by atoms with Crippen LogP contribution in [-0.2, 0) is 22.5 Å². The van der Waals surface area contributed by atoms with Gasteiger partial charge in [-0.25, -0.2) is 0 Å². The van der Waals surface area contributed by atoms with Crippen molar-refractivity contribution in [3.05, 3.63) is 34.3 Å². The predicted molar refractivity (Wildman–Crippen MR) is 89.7 cm³/mol. The molecule has 2 aliphatic heterocycles. The van der Waals surface area contributed by atoms with Crippen molar-refractivity contribution in [2.24, 2.45) is 0 Å². The Bertz CT molecular complexity index is 545. The first-order valence-electron chi connectivity index (χ1n) is 7.48. The molecule has 1 N–H and O–H groups in total. The Morgan fingerprint density at radius 3 is 2.77 bits per heavy atom. The van der Waals surface area contributed by atoms with Crippen molar-refractivity contribution in [2.45, 2.75) is 31.4 Å². The number of ether oxygens (including phenoxy) is 1. The van der Waals surface area contributed by atoms with Crippen LogP contribution in [0.3, 0.4) is 0 Å². The molecule has 1 saturated heterocycles. The quantitative estimate of drug-likeness (QED) is 0.895. The van der Waals surface area contributed by atoms with Crippen molar-refractivity contribution in [3.63, 3.8) is 0 Å². The van der Waals surface area contributed by atoms with E-state index in [1.54, 1.807) is 7.11 Å². The maximum Gasteiger partial charge on any atom is 0.255 e. The Hall–Kier alpha value is -0.810. The van der Waals surface area contributed by atoms with Crippen LogP contribution in [0.2, 0.25) is 5.02 Å². The molecule has 0 unspecified atom stereocenters. The molecule has 0 spiro atoms.